The summed E-state index contributed by atoms with van der Waals surface area (Å²) in [6.07, 6.45) is 1.95. The second-order valence-corrected chi connectivity index (χ2v) is 5.96. The number of rotatable bonds is 5. The molecule has 0 bridgehead atoms. The number of amides is 1. The molecule has 1 aliphatic heterocycles. The van der Waals surface area contributed by atoms with E-state index in [1.165, 1.54) is 0 Å². The quantitative estimate of drug-likeness (QED) is 0.900. The smallest absolute Gasteiger partial charge is 0.271 e. The van der Waals surface area contributed by atoms with Gasteiger partial charge in [-0.15, -0.1) is 0 Å². The summed E-state index contributed by atoms with van der Waals surface area (Å²) in [4.78, 5) is 14.5. The lowest BCUT2D eigenvalue weighted by Crippen LogP contribution is -2.40. The Bertz CT molecular complexity index is 736. The number of likely N-dealkylation sites (tertiary alicyclic amines) is 1. The average Bonchev–Trinajstić information content (AvgIpc) is 3.17. The summed E-state index contributed by atoms with van der Waals surface area (Å²) < 4.78 is 16.0. The van der Waals surface area contributed by atoms with Crippen molar-refractivity contribution in [2.45, 2.75) is 18.9 Å². The lowest BCUT2D eigenvalue weighted by atomic mass is 10.1. The highest BCUT2D eigenvalue weighted by Gasteiger charge is 2.25. The topological polar surface area (TPSA) is 76.7 Å². The van der Waals surface area contributed by atoms with E-state index in [1.54, 1.807) is 27.4 Å². The van der Waals surface area contributed by atoms with Gasteiger partial charge in [0.05, 0.1) is 26.0 Å². The third-order valence-electron chi connectivity index (χ3n) is 4.55. The van der Waals surface area contributed by atoms with Gasteiger partial charge in [0.1, 0.15) is 17.2 Å². The van der Waals surface area contributed by atoms with Gasteiger partial charge < -0.3 is 19.1 Å². The highest BCUT2D eigenvalue weighted by atomic mass is 16.5. The van der Waals surface area contributed by atoms with Gasteiger partial charge in [-0.1, -0.05) is 0 Å². The molecule has 7 nitrogen and oxygen atoms in total. The fraction of sp³-hybridized carbons (Fsp3) is 0.444. The van der Waals surface area contributed by atoms with E-state index in [9.17, 15) is 4.79 Å². The number of ether oxygens (including phenoxy) is 3. The van der Waals surface area contributed by atoms with E-state index in [0.717, 1.165) is 18.4 Å². The van der Waals surface area contributed by atoms with Gasteiger partial charge in [0.2, 0.25) is 0 Å². The summed E-state index contributed by atoms with van der Waals surface area (Å²) >= 11 is 0. The molecule has 2 aromatic rings. The number of H-pyrrole nitrogens is 1. The van der Waals surface area contributed by atoms with E-state index in [0.29, 0.717) is 36.0 Å². The van der Waals surface area contributed by atoms with Crippen molar-refractivity contribution in [3.05, 3.63) is 30.0 Å². The van der Waals surface area contributed by atoms with Crippen LogP contribution in [0.15, 0.2) is 24.3 Å². The zero-order chi connectivity index (χ0) is 17.8. The molecule has 2 heterocycles. The van der Waals surface area contributed by atoms with E-state index < -0.39 is 0 Å². The number of methoxy groups -OCH3 is 3. The lowest BCUT2D eigenvalue weighted by Gasteiger charge is -2.30. The Kier molecular flexibility index (Phi) is 5.23. The Morgan fingerprint density at radius 1 is 1.16 bits per heavy atom. The van der Waals surface area contributed by atoms with Crippen LogP contribution in [0, 0.1) is 0 Å². The number of benzene rings is 1. The van der Waals surface area contributed by atoms with E-state index >= 15 is 0 Å². The molecule has 3 rings (SSSR count). The molecule has 1 amide bonds. The Balaban J connectivity index is 1.80. The Hall–Kier alpha value is -2.54. The standard InChI is InChI=1S/C18H23N3O4/c1-23-12-6-8-21(9-7-12)18(22)16-11-15(19-20-16)14-10-13(24-2)4-5-17(14)25-3/h4-5,10-12H,6-9H2,1-3H3,(H,19,20). The molecule has 1 fully saturated rings. The van der Waals surface area contributed by atoms with Gasteiger partial charge in [-0.2, -0.15) is 5.10 Å². The molecule has 1 aromatic heterocycles. The fourth-order valence-corrected chi connectivity index (χ4v) is 3.05. The maximum atomic E-state index is 12.7. The molecule has 1 saturated heterocycles. The van der Waals surface area contributed by atoms with Crippen molar-refractivity contribution >= 4 is 5.91 Å². The van der Waals surface area contributed by atoms with E-state index in [4.69, 9.17) is 14.2 Å². The number of hydrogen-bond donors (Lipinski definition) is 1. The molecular formula is C18H23N3O4. The Labute approximate surface area is 146 Å². The highest BCUT2D eigenvalue weighted by molar-refractivity contribution is 5.93. The van der Waals surface area contributed by atoms with Crippen molar-refractivity contribution in [2.75, 3.05) is 34.4 Å². The van der Waals surface area contributed by atoms with Crippen molar-refractivity contribution in [1.29, 1.82) is 0 Å². The lowest BCUT2D eigenvalue weighted by molar-refractivity contribution is 0.0347. The van der Waals surface area contributed by atoms with Crippen LogP contribution in [0.3, 0.4) is 0 Å². The van der Waals surface area contributed by atoms with Gasteiger partial charge in [-0.3, -0.25) is 9.89 Å². The molecule has 7 heteroatoms. The molecule has 134 valence electrons. The SMILES string of the molecule is COc1ccc(OC)c(-c2cc(C(=O)N3CCC(OC)CC3)[nH]n2)c1. The fourth-order valence-electron chi connectivity index (χ4n) is 3.05. The van der Waals surface area contributed by atoms with Crippen molar-refractivity contribution < 1.29 is 19.0 Å². The minimum absolute atomic E-state index is 0.0461. The van der Waals surface area contributed by atoms with Crippen molar-refractivity contribution in [1.82, 2.24) is 15.1 Å². The number of hydrogen-bond acceptors (Lipinski definition) is 5. The number of carbonyl (C=O) groups is 1. The van der Waals surface area contributed by atoms with Gasteiger partial charge in [-0.25, -0.2) is 0 Å². The molecule has 0 saturated carbocycles. The first-order valence-corrected chi connectivity index (χ1v) is 8.26. The van der Waals surface area contributed by atoms with Crippen LogP contribution in [-0.4, -0.2) is 61.5 Å². The predicted octanol–water partition coefficient (Wildman–Crippen LogP) is 2.34. The minimum atomic E-state index is -0.0461. The predicted molar refractivity (Wildman–Crippen MR) is 93.1 cm³/mol. The summed E-state index contributed by atoms with van der Waals surface area (Å²) in [6, 6.07) is 7.23. The monoisotopic (exact) mass is 345 g/mol. The molecule has 0 spiro atoms. The summed E-state index contributed by atoms with van der Waals surface area (Å²) in [5, 5.41) is 7.13. The van der Waals surface area contributed by atoms with Gasteiger partial charge in [0.25, 0.3) is 5.91 Å². The zero-order valence-corrected chi connectivity index (χ0v) is 14.7. The number of aromatic nitrogens is 2. The van der Waals surface area contributed by atoms with Crippen molar-refractivity contribution in [3.63, 3.8) is 0 Å². The molecule has 25 heavy (non-hydrogen) atoms. The van der Waals surface area contributed by atoms with Crippen LogP contribution in [0.4, 0.5) is 0 Å². The van der Waals surface area contributed by atoms with Crippen LogP contribution in [0.5, 0.6) is 11.5 Å². The second-order valence-electron chi connectivity index (χ2n) is 5.96. The van der Waals surface area contributed by atoms with Gasteiger partial charge in [0.15, 0.2) is 0 Å². The van der Waals surface area contributed by atoms with Gasteiger partial charge in [0, 0.05) is 25.8 Å². The first-order valence-electron chi connectivity index (χ1n) is 8.26. The van der Waals surface area contributed by atoms with Gasteiger partial charge >= 0.3 is 0 Å². The first kappa shape index (κ1) is 17.3. The number of aromatic amines is 1. The Morgan fingerprint density at radius 2 is 1.92 bits per heavy atom. The van der Waals surface area contributed by atoms with E-state index in [-0.39, 0.29) is 12.0 Å². The van der Waals surface area contributed by atoms with Crippen molar-refractivity contribution in [3.8, 4) is 22.8 Å². The molecule has 1 N–H and O–H groups in total. The number of nitrogens with one attached hydrogen (secondary N) is 1. The maximum absolute atomic E-state index is 12.7. The van der Waals surface area contributed by atoms with Crippen molar-refractivity contribution in [2.24, 2.45) is 0 Å². The highest BCUT2D eigenvalue weighted by Crippen LogP contribution is 2.32. The Morgan fingerprint density at radius 3 is 2.56 bits per heavy atom. The molecule has 0 atom stereocenters. The summed E-state index contributed by atoms with van der Waals surface area (Å²) in [6.45, 7) is 1.38. The normalized spacial score (nSPS) is 15.2. The molecule has 1 aromatic carbocycles. The number of piperidine rings is 1. The zero-order valence-electron chi connectivity index (χ0n) is 14.7. The van der Waals surface area contributed by atoms with Gasteiger partial charge in [-0.05, 0) is 37.1 Å². The summed E-state index contributed by atoms with van der Waals surface area (Å²) in [7, 11) is 4.92. The molecule has 0 aliphatic carbocycles. The molecule has 0 unspecified atom stereocenters. The largest absolute Gasteiger partial charge is 0.497 e. The van der Waals surface area contributed by atoms with E-state index in [1.807, 2.05) is 23.1 Å². The van der Waals surface area contributed by atoms with E-state index in [2.05, 4.69) is 10.2 Å². The number of nitrogens with zero attached hydrogens (tertiary/aromatic N) is 2. The molecule has 1 aliphatic rings. The summed E-state index contributed by atoms with van der Waals surface area (Å²) in [5.74, 6) is 1.33. The van der Waals surface area contributed by atoms with Crippen LogP contribution in [0.1, 0.15) is 23.3 Å². The van der Waals surface area contributed by atoms with Crippen LogP contribution in [0.2, 0.25) is 0 Å². The average molecular weight is 345 g/mol. The summed E-state index contributed by atoms with van der Waals surface area (Å²) in [5.41, 5.74) is 1.89. The van der Waals surface area contributed by atoms with Crippen LogP contribution < -0.4 is 9.47 Å². The maximum Gasteiger partial charge on any atom is 0.271 e. The second kappa shape index (κ2) is 7.57. The number of carbonyl (C=O) groups excluding carboxylic acids is 1. The molecule has 0 radical (unpaired) electrons. The minimum Gasteiger partial charge on any atom is -0.497 e. The third-order valence-corrected chi connectivity index (χ3v) is 4.55. The first-order chi connectivity index (χ1) is 12.2. The van der Waals surface area contributed by atoms with Crippen LogP contribution in [0.25, 0.3) is 11.3 Å². The molecular weight excluding hydrogens is 322 g/mol. The van der Waals surface area contributed by atoms with Crippen LogP contribution in [-0.2, 0) is 4.74 Å². The van der Waals surface area contributed by atoms with Crippen LogP contribution >= 0.6 is 0 Å². The third kappa shape index (κ3) is 3.61.